The van der Waals surface area contributed by atoms with E-state index in [0.29, 0.717) is 12.8 Å². The molecule has 1 aliphatic heterocycles. The molecule has 1 fully saturated rings. The van der Waals surface area contributed by atoms with Gasteiger partial charge in [-0.15, -0.1) is 0 Å². The second-order valence-corrected chi connectivity index (χ2v) is 6.51. The molecular formula is C21H21N3O. The van der Waals surface area contributed by atoms with Gasteiger partial charge in [-0.25, -0.2) is 9.97 Å². The number of anilines is 1. The monoisotopic (exact) mass is 331 g/mol. The van der Waals surface area contributed by atoms with E-state index in [-0.39, 0.29) is 0 Å². The van der Waals surface area contributed by atoms with Crippen molar-refractivity contribution in [2.24, 2.45) is 0 Å². The Balaban J connectivity index is 1.49. The van der Waals surface area contributed by atoms with Gasteiger partial charge in [0.25, 0.3) is 0 Å². The Bertz CT molecular complexity index is 811. The molecule has 0 spiro atoms. The van der Waals surface area contributed by atoms with Crippen molar-refractivity contribution < 1.29 is 5.11 Å². The van der Waals surface area contributed by atoms with Crippen LogP contribution in [0.4, 0.5) is 5.95 Å². The predicted octanol–water partition coefficient (Wildman–Crippen LogP) is 3.63. The van der Waals surface area contributed by atoms with Crippen LogP contribution >= 0.6 is 0 Å². The highest BCUT2D eigenvalue weighted by Gasteiger charge is 2.34. The summed E-state index contributed by atoms with van der Waals surface area (Å²) in [7, 11) is 0. The van der Waals surface area contributed by atoms with Crippen LogP contribution in [0.5, 0.6) is 0 Å². The zero-order valence-electron chi connectivity index (χ0n) is 14.0. The van der Waals surface area contributed by atoms with Gasteiger partial charge in [0.1, 0.15) is 0 Å². The number of hydrogen-bond donors (Lipinski definition) is 1. The molecule has 1 saturated heterocycles. The van der Waals surface area contributed by atoms with Crippen LogP contribution in [0, 0.1) is 0 Å². The van der Waals surface area contributed by atoms with Crippen LogP contribution in [0.15, 0.2) is 73.1 Å². The number of aliphatic hydroxyl groups is 1. The van der Waals surface area contributed by atoms with Gasteiger partial charge in [-0.05, 0) is 35.6 Å². The lowest BCUT2D eigenvalue weighted by Crippen LogP contribution is -2.43. The molecule has 1 aromatic heterocycles. The molecule has 2 heterocycles. The largest absolute Gasteiger partial charge is 0.385 e. The minimum atomic E-state index is -0.777. The van der Waals surface area contributed by atoms with Crippen LogP contribution < -0.4 is 4.90 Å². The van der Waals surface area contributed by atoms with E-state index in [1.807, 2.05) is 24.3 Å². The molecule has 0 aliphatic carbocycles. The SMILES string of the molecule is OC1(c2ccc(-c3ccccc3)cc2)CCN(c2ncccn2)CC1. The average Bonchev–Trinajstić information content (AvgIpc) is 2.70. The summed E-state index contributed by atoms with van der Waals surface area (Å²) in [4.78, 5) is 10.7. The van der Waals surface area contributed by atoms with Crippen molar-refractivity contribution in [1.29, 1.82) is 0 Å². The van der Waals surface area contributed by atoms with Crippen molar-refractivity contribution in [1.82, 2.24) is 9.97 Å². The molecule has 25 heavy (non-hydrogen) atoms. The van der Waals surface area contributed by atoms with Crippen molar-refractivity contribution in [3.8, 4) is 11.1 Å². The quantitative estimate of drug-likeness (QED) is 0.796. The Morgan fingerprint density at radius 2 is 1.36 bits per heavy atom. The number of piperidine rings is 1. The minimum absolute atomic E-state index is 0.677. The smallest absolute Gasteiger partial charge is 0.225 e. The highest BCUT2D eigenvalue weighted by molar-refractivity contribution is 5.63. The van der Waals surface area contributed by atoms with Gasteiger partial charge >= 0.3 is 0 Å². The van der Waals surface area contributed by atoms with Gasteiger partial charge in [-0.3, -0.25) is 0 Å². The van der Waals surface area contributed by atoms with Crippen LogP contribution in [0.25, 0.3) is 11.1 Å². The number of benzene rings is 2. The van der Waals surface area contributed by atoms with E-state index in [0.717, 1.165) is 24.6 Å². The highest BCUT2D eigenvalue weighted by atomic mass is 16.3. The third-order valence-electron chi connectivity index (χ3n) is 4.95. The minimum Gasteiger partial charge on any atom is -0.385 e. The lowest BCUT2D eigenvalue weighted by Gasteiger charge is -2.38. The van der Waals surface area contributed by atoms with E-state index in [9.17, 15) is 5.11 Å². The fourth-order valence-electron chi connectivity index (χ4n) is 3.42. The molecule has 4 nitrogen and oxygen atoms in total. The molecule has 1 N–H and O–H groups in total. The molecule has 126 valence electrons. The lowest BCUT2D eigenvalue weighted by atomic mass is 9.84. The third kappa shape index (κ3) is 3.26. The fourth-order valence-corrected chi connectivity index (χ4v) is 3.42. The van der Waals surface area contributed by atoms with Gasteiger partial charge in [0, 0.05) is 25.5 Å². The Labute approximate surface area is 147 Å². The Morgan fingerprint density at radius 3 is 2.00 bits per heavy atom. The van der Waals surface area contributed by atoms with Crippen LogP contribution in [0.3, 0.4) is 0 Å². The molecule has 4 heteroatoms. The van der Waals surface area contributed by atoms with E-state index in [2.05, 4.69) is 51.3 Å². The van der Waals surface area contributed by atoms with Crippen LogP contribution in [0.2, 0.25) is 0 Å². The summed E-state index contributed by atoms with van der Waals surface area (Å²) in [5.41, 5.74) is 2.57. The fraction of sp³-hybridized carbons (Fsp3) is 0.238. The van der Waals surface area contributed by atoms with E-state index < -0.39 is 5.60 Å². The Hall–Kier alpha value is -2.72. The van der Waals surface area contributed by atoms with Gasteiger partial charge in [0.05, 0.1) is 5.60 Å². The third-order valence-corrected chi connectivity index (χ3v) is 4.95. The summed E-state index contributed by atoms with van der Waals surface area (Å²) in [6.45, 7) is 1.50. The van der Waals surface area contributed by atoms with Crippen molar-refractivity contribution in [3.63, 3.8) is 0 Å². The van der Waals surface area contributed by atoms with Crippen LogP contribution in [-0.2, 0) is 5.60 Å². The van der Waals surface area contributed by atoms with Gasteiger partial charge < -0.3 is 10.0 Å². The molecule has 4 rings (SSSR count). The second kappa shape index (κ2) is 6.65. The zero-order valence-corrected chi connectivity index (χ0v) is 14.0. The normalized spacial score (nSPS) is 16.6. The molecule has 0 atom stereocenters. The van der Waals surface area contributed by atoms with Crippen LogP contribution in [-0.4, -0.2) is 28.2 Å². The van der Waals surface area contributed by atoms with E-state index in [1.54, 1.807) is 12.4 Å². The molecule has 0 bridgehead atoms. The van der Waals surface area contributed by atoms with Gasteiger partial charge in [0.2, 0.25) is 5.95 Å². The van der Waals surface area contributed by atoms with Gasteiger partial charge in [0.15, 0.2) is 0 Å². The molecule has 0 radical (unpaired) electrons. The van der Waals surface area contributed by atoms with Crippen LogP contribution in [0.1, 0.15) is 18.4 Å². The maximum absolute atomic E-state index is 11.1. The molecular weight excluding hydrogens is 310 g/mol. The molecule has 3 aromatic rings. The maximum Gasteiger partial charge on any atom is 0.225 e. The summed E-state index contributed by atoms with van der Waals surface area (Å²) >= 11 is 0. The number of hydrogen-bond acceptors (Lipinski definition) is 4. The predicted molar refractivity (Wildman–Crippen MR) is 99.3 cm³/mol. The molecule has 1 aliphatic rings. The summed E-state index contributed by atoms with van der Waals surface area (Å²) in [5.74, 6) is 0.740. The van der Waals surface area contributed by atoms with Crippen molar-refractivity contribution in [3.05, 3.63) is 78.6 Å². The average molecular weight is 331 g/mol. The molecule has 0 amide bonds. The maximum atomic E-state index is 11.1. The van der Waals surface area contributed by atoms with Gasteiger partial charge in [-0.1, -0.05) is 54.6 Å². The second-order valence-electron chi connectivity index (χ2n) is 6.51. The Morgan fingerprint density at radius 1 is 0.760 bits per heavy atom. The first-order chi connectivity index (χ1) is 12.2. The van der Waals surface area contributed by atoms with E-state index in [4.69, 9.17) is 0 Å². The van der Waals surface area contributed by atoms with Gasteiger partial charge in [-0.2, -0.15) is 0 Å². The summed E-state index contributed by atoms with van der Waals surface area (Å²) in [6, 6.07) is 20.4. The number of aromatic nitrogens is 2. The van der Waals surface area contributed by atoms with Crippen molar-refractivity contribution in [2.75, 3.05) is 18.0 Å². The van der Waals surface area contributed by atoms with E-state index >= 15 is 0 Å². The van der Waals surface area contributed by atoms with Crippen molar-refractivity contribution in [2.45, 2.75) is 18.4 Å². The highest BCUT2D eigenvalue weighted by Crippen LogP contribution is 2.34. The van der Waals surface area contributed by atoms with E-state index in [1.165, 1.54) is 11.1 Å². The first-order valence-corrected chi connectivity index (χ1v) is 8.65. The summed E-state index contributed by atoms with van der Waals surface area (Å²) in [5, 5.41) is 11.1. The topological polar surface area (TPSA) is 49.2 Å². The molecule has 0 saturated carbocycles. The number of nitrogens with zero attached hydrogens (tertiary/aromatic N) is 3. The Kier molecular flexibility index (Phi) is 4.20. The summed E-state index contributed by atoms with van der Waals surface area (Å²) in [6.07, 6.45) is 4.86. The zero-order chi connectivity index (χ0) is 17.1. The lowest BCUT2D eigenvalue weighted by molar-refractivity contribution is 0.0115. The summed E-state index contributed by atoms with van der Waals surface area (Å²) < 4.78 is 0. The standard InChI is InChI=1S/C21H21N3O/c25-21(11-15-24(16-12-21)20-22-13-4-14-23-20)19-9-7-18(8-10-19)17-5-2-1-3-6-17/h1-10,13-14,25H,11-12,15-16H2. The number of rotatable bonds is 3. The van der Waals surface area contributed by atoms with Crippen molar-refractivity contribution >= 4 is 5.95 Å². The first-order valence-electron chi connectivity index (χ1n) is 8.65. The first kappa shape index (κ1) is 15.8. The molecule has 2 aromatic carbocycles. The molecule has 0 unspecified atom stereocenters.